The van der Waals surface area contributed by atoms with Crippen molar-refractivity contribution in [2.24, 2.45) is 0 Å². The first-order valence-electron chi connectivity index (χ1n) is 10.0. The van der Waals surface area contributed by atoms with Crippen molar-refractivity contribution in [2.45, 2.75) is 13.3 Å². The summed E-state index contributed by atoms with van der Waals surface area (Å²) in [5.74, 6) is -0.0239. The van der Waals surface area contributed by atoms with Crippen LogP contribution in [-0.2, 0) is 4.79 Å². The van der Waals surface area contributed by atoms with E-state index in [4.69, 9.17) is 0 Å². The Morgan fingerprint density at radius 1 is 1.00 bits per heavy atom. The molecule has 4 aromatic rings. The molecule has 5 nitrogen and oxygen atoms in total. The van der Waals surface area contributed by atoms with E-state index in [1.54, 1.807) is 16.2 Å². The molecule has 1 saturated heterocycles. The zero-order valence-electron chi connectivity index (χ0n) is 16.6. The van der Waals surface area contributed by atoms with Crippen molar-refractivity contribution in [3.63, 3.8) is 0 Å². The SMILES string of the molecule is Cc1nc2cc(-c3ccc4cc(C(=O)N5CCNC(=O)CC5)ccc4c3)ccc2s1. The number of nitrogens with one attached hydrogen (secondary N) is 1. The van der Waals surface area contributed by atoms with Gasteiger partial charge in [-0.3, -0.25) is 9.59 Å². The second kappa shape index (κ2) is 7.54. The molecule has 5 rings (SSSR count). The number of rotatable bonds is 2. The molecule has 30 heavy (non-hydrogen) atoms. The van der Waals surface area contributed by atoms with E-state index < -0.39 is 0 Å². The van der Waals surface area contributed by atoms with Crippen molar-refractivity contribution < 1.29 is 9.59 Å². The Labute approximate surface area is 178 Å². The number of nitrogens with zero attached hydrogens (tertiary/aromatic N) is 2. The zero-order valence-corrected chi connectivity index (χ0v) is 17.5. The fourth-order valence-electron chi connectivity index (χ4n) is 3.93. The van der Waals surface area contributed by atoms with Gasteiger partial charge in [0.15, 0.2) is 0 Å². The fraction of sp³-hybridized carbons (Fsp3) is 0.208. The van der Waals surface area contributed by atoms with Gasteiger partial charge in [0.05, 0.1) is 15.2 Å². The number of carbonyl (C=O) groups excluding carboxylic acids is 2. The van der Waals surface area contributed by atoms with Crippen molar-refractivity contribution in [1.29, 1.82) is 0 Å². The molecule has 0 aliphatic carbocycles. The topological polar surface area (TPSA) is 62.3 Å². The third kappa shape index (κ3) is 3.55. The van der Waals surface area contributed by atoms with E-state index >= 15 is 0 Å². The lowest BCUT2D eigenvalue weighted by atomic mass is 9.99. The van der Waals surface area contributed by atoms with E-state index in [0.29, 0.717) is 31.6 Å². The highest BCUT2D eigenvalue weighted by molar-refractivity contribution is 7.18. The smallest absolute Gasteiger partial charge is 0.253 e. The van der Waals surface area contributed by atoms with E-state index in [-0.39, 0.29) is 11.8 Å². The van der Waals surface area contributed by atoms with Crippen molar-refractivity contribution in [2.75, 3.05) is 19.6 Å². The number of thiazole rings is 1. The fourth-order valence-corrected chi connectivity index (χ4v) is 4.74. The van der Waals surface area contributed by atoms with Gasteiger partial charge in [-0.25, -0.2) is 4.98 Å². The molecule has 1 aliphatic heterocycles. The predicted molar refractivity (Wildman–Crippen MR) is 121 cm³/mol. The van der Waals surface area contributed by atoms with Crippen LogP contribution in [-0.4, -0.2) is 41.3 Å². The molecule has 1 fully saturated rings. The second-order valence-electron chi connectivity index (χ2n) is 7.58. The third-order valence-electron chi connectivity index (χ3n) is 5.51. The second-order valence-corrected chi connectivity index (χ2v) is 8.82. The van der Waals surface area contributed by atoms with E-state index in [1.165, 1.54) is 4.70 Å². The molecule has 2 amide bonds. The number of aromatic nitrogens is 1. The highest BCUT2D eigenvalue weighted by Crippen LogP contribution is 2.30. The van der Waals surface area contributed by atoms with Crippen molar-refractivity contribution in [1.82, 2.24) is 15.2 Å². The van der Waals surface area contributed by atoms with Crippen LogP contribution in [0.3, 0.4) is 0 Å². The maximum Gasteiger partial charge on any atom is 0.253 e. The molecule has 0 unspecified atom stereocenters. The molecule has 0 atom stereocenters. The number of hydrogen-bond acceptors (Lipinski definition) is 4. The first kappa shape index (κ1) is 18.8. The van der Waals surface area contributed by atoms with Crippen molar-refractivity contribution >= 4 is 44.1 Å². The summed E-state index contributed by atoms with van der Waals surface area (Å²) < 4.78 is 1.20. The van der Waals surface area contributed by atoms with Crippen LogP contribution in [0.2, 0.25) is 0 Å². The van der Waals surface area contributed by atoms with E-state index in [2.05, 4.69) is 46.7 Å². The molecule has 150 valence electrons. The Kier molecular flexibility index (Phi) is 4.71. The lowest BCUT2D eigenvalue weighted by molar-refractivity contribution is -0.120. The van der Waals surface area contributed by atoms with Gasteiger partial charge in [0.2, 0.25) is 5.91 Å². The number of fused-ring (bicyclic) bond motifs is 2. The Balaban J connectivity index is 1.44. The standard InChI is InChI=1S/C24H21N3O2S/c1-15-26-21-14-19(6-7-22(21)30-15)17-2-3-18-13-20(5-4-16(18)12-17)24(29)27-10-8-23(28)25-9-11-27/h2-7,12-14H,8-11H2,1H3,(H,25,28). The predicted octanol–water partition coefficient (Wildman–Crippen LogP) is 4.39. The molecular weight excluding hydrogens is 394 g/mol. The average molecular weight is 416 g/mol. The van der Waals surface area contributed by atoms with Crippen LogP contribution in [0.4, 0.5) is 0 Å². The largest absolute Gasteiger partial charge is 0.354 e. The van der Waals surface area contributed by atoms with Gasteiger partial charge in [0, 0.05) is 31.6 Å². The van der Waals surface area contributed by atoms with E-state index in [1.807, 2.05) is 25.1 Å². The minimum absolute atomic E-state index is 0.00217. The summed E-state index contributed by atoms with van der Waals surface area (Å²) in [6.45, 7) is 3.53. The van der Waals surface area contributed by atoms with Gasteiger partial charge in [-0.1, -0.05) is 24.3 Å². The van der Waals surface area contributed by atoms with Gasteiger partial charge < -0.3 is 10.2 Å². The molecule has 3 aromatic carbocycles. The quantitative estimate of drug-likeness (QED) is 0.528. The number of amides is 2. The normalized spacial score (nSPS) is 14.7. The summed E-state index contributed by atoms with van der Waals surface area (Å²) in [6.07, 6.45) is 0.353. The summed E-state index contributed by atoms with van der Waals surface area (Å²) in [7, 11) is 0. The van der Waals surface area contributed by atoms with Crippen LogP contribution in [0.1, 0.15) is 21.8 Å². The van der Waals surface area contributed by atoms with Crippen LogP contribution in [0.5, 0.6) is 0 Å². The maximum absolute atomic E-state index is 12.9. The van der Waals surface area contributed by atoms with Gasteiger partial charge in [0.25, 0.3) is 5.91 Å². The summed E-state index contributed by atoms with van der Waals surface area (Å²) >= 11 is 1.71. The lowest BCUT2D eigenvalue weighted by Gasteiger charge is -2.19. The molecular formula is C24H21N3O2S. The molecule has 1 N–H and O–H groups in total. The molecule has 1 aromatic heterocycles. The number of benzene rings is 3. The summed E-state index contributed by atoms with van der Waals surface area (Å²) in [5.41, 5.74) is 3.95. The summed E-state index contributed by atoms with van der Waals surface area (Å²) in [6, 6.07) is 18.5. The number of hydrogen-bond donors (Lipinski definition) is 1. The molecule has 0 radical (unpaired) electrons. The van der Waals surface area contributed by atoms with Crippen LogP contribution < -0.4 is 5.32 Å². The lowest BCUT2D eigenvalue weighted by Crippen LogP contribution is -2.34. The molecule has 1 aliphatic rings. The van der Waals surface area contributed by atoms with Crippen molar-refractivity contribution in [3.05, 3.63) is 65.2 Å². The Bertz CT molecular complexity index is 1290. The monoisotopic (exact) mass is 415 g/mol. The van der Waals surface area contributed by atoms with Gasteiger partial charge in [-0.05, 0) is 59.2 Å². The summed E-state index contributed by atoms with van der Waals surface area (Å²) in [4.78, 5) is 30.8. The highest BCUT2D eigenvalue weighted by atomic mass is 32.1. The van der Waals surface area contributed by atoms with Gasteiger partial charge >= 0.3 is 0 Å². The van der Waals surface area contributed by atoms with E-state index in [9.17, 15) is 9.59 Å². The Hall–Kier alpha value is -3.25. The van der Waals surface area contributed by atoms with Crippen LogP contribution in [0, 0.1) is 6.92 Å². The van der Waals surface area contributed by atoms with Gasteiger partial charge in [-0.2, -0.15) is 0 Å². The van der Waals surface area contributed by atoms with Crippen molar-refractivity contribution in [3.8, 4) is 11.1 Å². The zero-order chi connectivity index (χ0) is 20.7. The van der Waals surface area contributed by atoms with Crippen LogP contribution >= 0.6 is 11.3 Å². The minimum Gasteiger partial charge on any atom is -0.354 e. The summed E-state index contributed by atoms with van der Waals surface area (Å²) in [5, 5.41) is 6.00. The first-order valence-corrected chi connectivity index (χ1v) is 10.9. The third-order valence-corrected chi connectivity index (χ3v) is 6.47. The minimum atomic E-state index is -0.0261. The molecule has 0 saturated carbocycles. The first-order chi connectivity index (χ1) is 14.6. The van der Waals surface area contributed by atoms with Gasteiger partial charge in [0.1, 0.15) is 0 Å². The Morgan fingerprint density at radius 2 is 1.77 bits per heavy atom. The van der Waals surface area contributed by atoms with Crippen LogP contribution in [0.25, 0.3) is 32.1 Å². The maximum atomic E-state index is 12.9. The van der Waals surface area contributed by atoms with E-state index in [0.717, 1.165) is 32.4 Å². The Morgan fingerprint density at radius 3 is 2.67 bits per heavy atom. The molecule has 0 spiro atoms. The average Bonchev–Trinajstić information content (AvgIpc) is 2.99. The number of carbonyl (C=O) groups is 2. The molecule has 6 heteroatoms. The molecule has 0 bridgehead atoms. The van der Waals surface area contributed by atoms with Gasteiger partial charge in [-0.15, -0.1) is 11.3 Å². The highest BCUT2D eigenvalue weighted by Gasteiger charge is 2.20. The van der Waals surface area contributed by atoms with Crippen LogP contribution in [0.15, 0.2) is 54.6 Å². The molecule has 2 heterocycles. The number of aryl methyl sites for hydroxylation is 1.